The van der Waals surface area contributed by atoms with Crippen molar-refractivity contribution in [2.45, 2.75) is 59.1 Å². The van der Waals surface area contributed by atoms with Crippen molar-refractivity contribution in [3.63, 3.8) is 0 Å². The minimum atomic E-state index is -0.601. The minimum absolute atomic E-state index is 0.0202. The molecule has 0 bridgehead atoms. The van der Waals surface area contributed by atoms with Crippen molar-refractivity contribution >= 4 is 44.9 Å². The van der Waals surface area contributed by atoms with Crippen molar-refractivity contribution in [3.8, 4) is 11.4 Å². The maximum absolute atomic E-state index is 13.2. The SMILES string of the molecule is Cc1nc(-c2ccc3ccnc(N[C@H]4C[C@@H](C(=O)N(C)c5nc(C)c(C(=O)OC(C)(C)C)s5)C4)c3c2)no1. The van der Waals surface area contributed by atoms with Crippen LogP contribution in [0.2, 0.25) is 0 Å². The molecule has 0 aliphatic heterocycles. The molecule has 0 spiro atoms. The molecule has 3 heterocycles. The lowest BCUT2D eigenvalue weighted by molar-refractivity contribution is -0.124. The largest absolute Gasteiger partial charge is 0.456 e. The standard InChI is InChI=1S/C27H30N6O4S/c1-14-21(25(35)36-27(3,4)5)38-26(29-14)33(6)24(34)18-11-19(12-18)31-23-20-13-17(22-30-15(2)37-32-22)8-7-16(20)9-10-28-23/h7-10,13,18-19H,11-12H2,1-6H3,(H,28,31)/t18-,19+. The van der Waals surface area contributed by atoms with Crippen LogP contribution in [0.4, 0.5) is 10.9 Å². The Kier molecular flexibility index (Phi) is 6.64. The number of amides is 1. The monoisotopic (exact) mass is 534 g/mol. The molecule has 1 aliphatic carbocycles. The number of aromatic nitrogens is 4. The molecule has 38 heavy (non-hydrogen) atoms. The first-order valence-electron chi connectivity index (χ1n) is 12.4. The zero-order valence-corrected chi connectivity index (χ0v) is 23.0. The molecule has 10 nitrogen and oxygen atoms in total. The number of carbonyl (C=O) groups excluding carboxylic acids is 2. The summed E-state index contributed by atoms with van der Waals surface area (Å²) in [5.41, 5.74) is 0.804. The number of benzene rings is 1. The number of ether oxygens (including phenoxy) is 1. The van der Waals surface area contributed by atoms with E-state index in [0.29, 0.717) is 40.3 Å². The maximum atomic E-state index is 13.2. The Morgan fingerprint density at radius 2 is 1.92 bits per heavy atom. The number of hydrogen-bond acceptors (Lipinski definition) is 10. The lowest BCUT2D eigenvalue weighted by Gasteiger charge is -2.36. The molecular formula is C27H30N6O4S. The normalized spacial score (nSPS) is 17.2. The number of hydrogen-bond donors (Lipinski definition) is 1. The summed E-state index contributed by atoms with van der Waals surface area (Å²) in [5, 5.41) is 9.99. The van der Waals surface area contributed by atoms with Crippen molar-refractivity contribution in [1.82, 2.24) is 20.1 Å². The van der Waals surface area contributed by atoms with Gasteiger partial charge in [-0.1, -0.05) is 28.6 Å². The second kappa shape index (κ2) is 9.79. The molecule has 1 fully saturated rings. The van der Waals surface area contributed by atoms with E-state index in [-0.39, 0.29) is 17.9 Å². The molecule has 0 unspecified atom stereocenters. The molecule has 1 aromatic carbocycles. The van der Waals surface area contributed by atoms with Crippen molar-refractivity contribution in [2.24, 2.45) is 5.92 Å². The fraction of sp³-hybridized carbons (Fsp3) is 0.407. The average molecular weight is 535 g/mol. The van der Waals surface area contributed by atoms with E-state index >= 15 is 0 Å². The highest BCUT2D eigenvalue weighted by molar-refractivity contribution is 7.17. The second-order valence-electron chi connectivity index (χ2n) is 10.6. The molecule has 3 aromatic heterocycles. The number of aryl methyl sites for hydroxylation is 2. The van der Waals surface area contributed by atoms with Crippen LogP contribution in [0, 0.1) is 19.8 Å². The van der Waals surface area contributed by atoms with Gasteiger partial charge in [0, 0.05) is 43.1 Å². The lowest BCUT2D eigenvalue weighted by Crippen LogP contribution is -2.45. The lowest BCUT2D eigenvalue weighted by atomic mass is 9.79. The summed E-state index contributed by atoms with van der Waals surface area (Å²) in [4.78, 5) is 41.0. The number of fused-ring (bicyclic) bond motifs is 1. The topological polar surface area (TPSA) is 123 Å². The van der Waals surface area contributed by atoms with E-state index in [2.05, 4.69) is 25.4 Å². The number of thiazole rings is 1. The number of nitrogens with one attached hydrogen (secondary N) is 1. The van der Waals surface area contributed by atoms with Gasteiger partial charge in [0.15, 0.2) is 5.13 Å². The first kappa shape index (κ1) is 25.8. The van der Waals surface area contributed by atoms with E-state index in [1.54, 1.807) is 32.0 Å². The summed E-state index contributed by atoms with van der Waals surface area (Å²) < 4.78 is 10.6. The first-order valence-corrected chi connectivity index (χ1v) is 13.2. The van der Waals surface area contributed by atoms with Gasteiger partial charge in [-0.05, 0) is 58.1 Å². The molecule has 1 saturated carbocycles. The van der Waals surface area contributed by atoms with E-state index in [9.17, 15) is 9.59 Å². The predicted octanol–water partition coefficient (Wildman–Crippen LogP) is 5.17. The molecule has 198 valence electrons. The van der Waals surface area contributed by atoms with Gasteiger partial charge in [0.2, 0.25) is 17.6 Å². The van der Waals surface area contributed by atoms with Crippen LogP contribution in [0.25, 0.3) is 22.2 Å². The summed E-state index contributed by atoms with van der Waals surface area (Å²) >= 11 is 1.18. The Bertz CT molecular complexity index is 1520. The summed E-state index contributed by atoms with van der Waals surface area (Å²) in [7, 11) is 1.70. The number of anilines is 2. The average Bonchev–Trinajstić information content (AvgIpc) is 3.44. The Hall–Kier alpha value is -3.86. The van der Waals surface area contributed by atoms with E-state index in [0.717, 1.165) is 22.2 Å². The van der Waals surface area contributed by atoms with E-state index in [1.807, 2.05) is 45.0 Å². The van der Waals surface area contributed by atoms with Crippen molar-refractivity contribution in [3.05, 3.63) is 46.9 Å². The molecule has 0 atom stereocenters. The summed E-state index contributed by atoms with van der Waals surface area (Å²) in [6.45, 7) is 8.97. The number of pyridine rings is 1. The highest BCUT2D eigenvalue weighted by Crippen LogP contribution is 2.36. The third-order valence-corrected chi connectivity index (χ3v) is 7.58. The molecule has 11 heteroatoms. The third kappa shape index (κ3) is 5.24. The molecule has 0 saturated heterocycles. The van der Waals surface area contributed by atoms with E-state index < -0.39 is 11.6 Å². The van der Waals surface area contributed by atoms with Crippen LogP contribution in [0.5, 0.6) is 0 Å². The van der Waals surface area contributed by atoms with Gasteiger partial charge in [-0.3, -0.25) is 9.69 Å². The molecule has 5 rings (SSSR count). The highest BCUT2D eigenvalue weighted by Gasteiger charge is 2.37. The molecule has 1 amide bonds. The summed E-state index contributed by atoms with van der Waals surface area (Å²) in [6, 6.07) is 8.03. The van der Waals surface area contributed by atoms with Crippen LogP contribution in [-0.4, -0.2) is 50.7 Å². The van der Waals surface area contributed by atoms with Gasteiger partial charge in [-0.2, -0.15) is 4.98 Å². The second-order valence-corrected chi connectivity index (χ2v) is 11.5. The first-order chi connectivity index (χ1) is 18.0. The Labute approximate surface area is 224 Å². The molecule has 1 N–H and O–H groups in total. The van der Waals surface area contributed by atoms with Gasteiger partial charge in [-0.15, -0.1) is 0 Å². The summed E-state index contributed by atoms with van der Waals surface area (Å²) in [5.74, 6) is 1.21. The number of esters is 1. The zero-order chi connectivity index (χ0) is 27.2. The van der Waals surface area contributed by atoms with E-state index in [4.69, 9.17) is 9.26 Å². The van der Waals surface area contributed by atoms with Crippen molar-refractivity contribution < 1.29 is 18.8 Å². The fourth-order valence-corrected chi connectivity index (χ4v) is 5.29. The molecular weight excluding hydrogens is 504 g/mol. The van der Waals surface area contributed by atoms with Gasteiger partial charge >= 0.3 is 5.97 Å². The number of rotatable bonds is 6. The van der Waals surface area contributed by atoms with E-state index in [1.165, 1.54) is 11.3 Å². The fourth-order valence-electron chi connectivity index (χ4n) is 4.38. The predicted molar refractivity (Wildman–Crippen MR) is 145 cm³/mol. The highest BCUT2D eigenvalue weighted by atomic mass is 32.1. The van der Waals surface area contributed by atoms with Crippen LogP contribution in [0.3, 0.4) is 0 Å². The van der Waals surface area contributed by atoms with Gasteiger partial charge < -0.3 is 14.6 Å². The van der Waals surface area contributed by atoms with Crippen molar-refractivity contribution in [1.29, 1.82) is 0 Å². The molecule has 0 radical (unpaired) electrons. The smallest absolute Gasteiger partial charge is 0.350 e. The quantitative estimate of drug-likeness (QED) is 0.334. The minimum Gasteiger partial charge on any atom is -0.456 e. The van der Waals surface area contributed by atoms with Gasteiger partial charge in [0.05, 0.1) is 5.69 Å². The van der Waals surface area contributed by atoms with Crippen LogP contribution in [0.15, 0.2) is 35.0 Å². The summed E-state index contributed by atoms with van der Waals surface area (Å²) in [6.07, 6.45) is 3.12. The van der Waals surface area contributed by atoms with Gasteiger partial charge in [0.1, 0.15) is 16.3 Å². The zero-order valence-electron chi connectivity index (χ0n) is 22.2. The number of carbonyl (C=O) groups is 2. The van der Waals surface area contributed by atoms with Gasteiger partial charge in [0.25, 0.3) is 0 Å². The Morgan fingerprint density at radius 1 is 1.16 bits per heavy atom. The van der Waals surface area contributed by atoms with Crippen molar-refractivity contribution in [2.75, 3.05) is 17.3 Å². The number of nitrogens with zero attached hydrogens (tertiary/aromatic N) is 5. The van der Waals surface area contributed by atoms with Crippen LogP contribution < -0.4 is 10.2 Å². The maximum Gasteiger partial charge on any atom is 0.350 e. The molecule has 1 aliphatic rings. The van der Waals surface area contributed by atoms with Crippen LogP contribution in [-0.2, 0) is 9.53 Å². The Morgan fingerprint density at radius 3 is 2.61 bits per heavy atom. The third-order valence-electron chi connectivity index (χ3n) is 6.37. The molecule has 4 aromatic rings. The van der Waals surface area contributed by atoms with Gasteiger partial charge in [-0.25, -0.2) is 14.8 Å². The van der Waals surface area contributed by atoms with Crippen LogP contribution in [0.1, 0.15) is 54.9 Å². The Balaban J connectivity index is 1.24. The van der Waals surface area contributed by atoms with Crippen LogP contribution >= 0.6 is 11.3 Å².